The van der Waals surface area contributed by atoms with Crippen molar-refractivity contribution < 1.29 is 9.13 Å². The summed E-state index contributed by atoms with van der Waals surface area (Å²) in [6.45, 7) is 2.37. The van der Waals surface area contributed by atoms with Crippen LogP contribution in [0.2, 0.25) is 0 Å². The van der Waals surface area contributed by atoms with Gasteiger partial charge in [-0.05, 0) is 66.6 Å². The molecule has 0 bridgehead atoms. The van der Waals surface area contributed by atoms with Gasteiger partial charge in [-0.25, -0.2) is 0 Å². The number of fused-ring (bicyclic) bond motifs is 4. The van der Waals surface area contributed by atoms with Crippen LogP contribution in [0.5, 0.6) is 0 Å². The standard InChI is InChI=1S/C50H40N4S2/c1-34(45-30-35(32-49-51(2)43-26-14-16-28-47(43)55-49)39-22-10-12-24-41(39)53(45)37-18-6-4-7-19-37)46-31-36(33-50-52(3)44-27-15-17-29-48(44)56-50)40-23-11-13-25-42(40)54(46)38-20-8-5-9-21-38/h4-34H,1-3H3/q+2. The molecule has 0 unspecified atom stereocenters. The Morgan fingerprint density at radius 1 is 0.464 bits per heavy atom. The lowest BCUT2D eigenvalue weighted by Gasteiger charge is -2.18. The molecule has 0 spiro atoms. The number of benzene rings is 6. The van der Waals surface area contributed by atoms with E-state index in [1.165, 1.54) is 75.5 Å². The Balaban J connectivity index is 1.24. The molecule has 6 aromatic carbocycles. The van der Waals surface area contributed by atoms with Crippen LogP contribution in [0, 0.1) is 0 Å². The van der Waals surface area contributed by atoms with Crippen LogP contribution < -0.4 is 18.9 Å². The maximum absolute atomic E-state index is 2.47. The van der Waals surface area contributed by atoms with E-state index >= 15 is 0 Å². The van der Waals surface area contributed by atoms with Gasteiger partial charge in [0.2, 0.25) is 33.8 Å². The number of pyridine rings is 2. The fraction of sp³-hybridized carbons (Fsp3) is 0.0800. The number of hydrogen-bond donors (Lipinski definition) is 0. The van der Waals surface area contributed by atoms with Crippen LogP contribution in [0.15, 0.2) is 190 Å². The first-order valence-electron chi connectivity index (χ1n) is 19.0. The van der Waals surface area contributed by atoms with E-state index in [0.717, 1.165) is 11.4 Å². The van der Waals surface area contributed by atoms with Crippen LogP contribution in [0.3, 0.4) is 0 Å². The molecule has 270 valence electrons. The number of anilines is 2. The van der Waals surface area contributed by atoms with E-state index in [1.54, 1.807) is 0 Å². The van der Waals surface area contributed by atoms with E-state index in [4.69, 9.17) is 0 Å². The van der Waals surface area contributed by atoms with Gasteiger partial charge in [0.05, 0.1) is 32.2 Å². The predicted octanol–water partition coefficient (Wildman–Crippen LogP) is 11.8. The molecule has 56 heavy (non-hydrogen) atoms. The summed E-state index contributed by atoms with van der Waals surface area (Å²) in [5, 5.41) is 4.85. The fourth-order valence-electron chi connectivity index (χ4n) is 8.22. The third-order valence-corrected chi connectivity index (χ3v) is 13.4. The van der Waals surface area contributed by atoms with Gasteiger partial charge in [0.25, 0.3) is 0 Å². The highest BCUT2D eigenvalue weighted by Crippen LogP contribution is 2.47. The molecular formula is C50H40N4S2+2. The first-order valence-corrected chi connectivity index (χ1v) is 20.7. The maximum Gasteiger partial charge on any atom is 0.219 e. The molecule has 0 fully saturated rings. The molecule has 0 saturated heterocycles. The van der Waals surface area contributed by atoms with E-state index in [0.29, 0.717) is 0 Å². The number of para-hydroxylation sites is 6. The van der Waals surface area contributed by atoms with E-state index in [2.05, 4.69) is 222 Å². The monoisotopic (exact) mass is 760 g/mol. The first-order chi connectivity index (χ1) is 27.5. The van der Waals surface area contributed by atoms with Crippen LogP contribution in [0.4, 0.5) is 11.4 Å². The molecule has 2 aliphatic heterocycles. The summed E-state index contributed by atoms with van der Waals surface area (Å²) < 4.78 is 4.95. The van der Waals surface area contributed by atoms with Gasteiger partial charge in [0.15, 0.2) is 0 Å². The van der Waals surface area contributed by atoms with E-state index in [-0.39, 0.29) is 5.92 Å². The van der Waals surface area contributed by atoms with Gasteiger partial charge in [-0.1, -0.05) is 108 Å². The third-order valence-electron chi connectivity index (χ3n) is 11.1. The first kappa shape index (κ1) is 34.4. The summed E-state index contributed by atoms with van der Waals surface area (Å²) in [6, 6.07) is 61.6. The van der Waals surface area contributed by atoms with Gasteiger partial charge >= 0.3 is 0 Å². The number of nitrogens with zero attached hydrogens (tertiary/aromatic N) is 4. The molecule has 0 aliphatic carbocycles. The second-order valence-corrected chi connectivity index (χ2v) is 16.5. The highest BCUT2D eigenvalue weighted by Gasteiger charge is 2.35. The lowest BCUT2D eigenvalue weighted by atomic mass is 9.94. The topological polar surface area (TPSA) is 14.2 Å². The van der Waals surface area contributed by atoms with E-state index < -0.39 is 0 Å². The Morgan fingerprint density at radius 3 is 1.27 bits per heavy atom. The number of hydrogen-bond acceptors (Lipinski definition) is 4. The maximum atomic E-state index is 2.47. The zero-order valence-electron chi connectivity index (χ0n) is 31.5. The van der Waals surface area contributed by atoms with Crippen LogP contribution in [-0.2, 0) is 0 Å². The molecule has 0 saturated carbocycles. The van der Waals surface area contributed by atoms with Crippen LogP contribution in [-0.4, -0.2) is 14.1 Å². The summed E-state index contributed by atoms with van der Waals surface area (Å²) in [6.07, 6.45) is 4.76. The van der Waals surface area contributed by atoms with Gasteiger partial charge in [-0.15, -0.1) is 0 Å². The Bertz CT molecular complexity index is 2670. The summed E-state index contributed by atoms with van der Waals surface area (Å²) in [5.74, 6) is -0.0313. The highest BCUT2D eigenvalue weighted by molar-refractivity contribution is 8.04. The van der Waals surface area contributed by atoms with E-state index in [9.17, 15) is 0 Å². The van der Waals surface area contributed by atoms with Crippen LogP contribution >= 0.6 is 23.5 Å². The molecule has 4 nitrogen and oxygen atoms in total. The minimum atomic E-state index is -0.0313. The minimum absolute atomic E-state index is 0.0313. The number of thioether (sulfide) groups is 2. The Morgan fingerprint density at radius 2 is 0.839 bits per heavy atom. The quantitative estimate of drug-likeness (QED) is 0.157. The van der Waals surface area contributed by atoms with Gasteiger partial charge in [-0.3, -0.25) is 0 Å². The number of rotatable bonds is 6. The van der Waals surface area contributed by atoms with Crippen molar-refractivity contribution in [1.82, 2.24) is 0 Å². The van der Waals surface area contributed by atoms with Gasteiger partial charge in [-0.2, -0.15) is 9.13 Å². The van der Waals surface area contributed by atoms with Crippen LogP contribution in [0.1, 0.15) is 35.4 Å². The molecule has 8 aromatic rings. The lowest BCUT2D eigenvalue weighted by Crippen LogP contribution is -2.43. The average Bonchev–Trinajstić information content (AvgIpc) is 3.74. The van der Waals surface area contributed by atoms with Crippen molar-refractivity contribution in [3.8, 4) is 11.4 Å². The average molecular weight is 761 g/mol. The Labute approximate surface area is 336 Å². The third kappa shape index (κ3) is 5.88. The largest absolute Gasteiger partial charge is 0.338 e. The number of aromatic nitrogens is 2. The molecular weight excluding hydrogens is 721 g/mol. The Kier molecular flexibility index (Phi) is 8.73. The zero-order valence-corrected chi connectivity index (χ0v) is 33.1. The second-order valence-electron chi connectivity index (χ2n) is 14.4. The van der Waals surface area contributed by atoms with Gasteiger partial charge < -0.3 is 9.80 Å². The summed E-state index contributed by atoms with van der Waals surface area (Å²) >= 11 is 3.67. The zero-order chi connectivity index (χ0) is 37.8. The smallest absolute Gasteiger partial charge is 0.219 e. The summed E-state index contributed by atoms with van der Waals surface area (Å²) in [7, 11) is 4.35. The summed E-state index contributed by atoms with van der Waals surface area (Å²) in [5.41, 5.74) is 11.9. The molecule has 4 heterocycles. The molecule has 10 rings (SSSR count). The fourth-order valence-corrected chi connectivity index (χ4v) is 10.4. The van der Waals surface area contributed by atoms with Gasteiger partial charge in [0, 0.05) is 72.4 Å². The molecule has 2 aromatic heterocycles. The van der Waals surface area contributed by atoms with Crippen molar-refractivity contribution in [3.63, 3.8) is 0 Å². The van der Waals surface area contributed by atoms with Crippen molar-refractivity contribution in [2.24, 2.45) is 0 Å². The molecule has 6 heteroatoms. The SMILES string of the molecule is CC(c1cc(/C=C2/Sc3ccccc3N2C)c2ccccc2[n+]1-c1ccccc1)c1cc(/C=C2/Sc3ccccc3N2C)c2ccccc2[n+]1-c1ccccc1. The minimum Gasteiger partial charge on any atom is -0.338 e. The van der Waals surface area contributed by atoms with Gasteiger partial charge in [0.1, 0.15) is 5.92 Å². The molecule has 0 atom stereocenters. The van der Waals surface area contributed by atoms with Crippen molar-refractivity contribution in [1.29, 1.82) is 0 Å². The molecule has 2 aliphatic rings. The van der Waals surface area contributed by atoms with Crippen molar-refractivity contribution in [3.05, 3.63) is 202 Å². The van der Waals surface area contributed by atoms with Crippen molar-refractivity contribution >= 4 is 68.9 Å². The molecule has 0 amide bonds. The summed E-state index contributed by atoms with van der Waals surface area (Å²) in [4.78, 5) is 7.20. The molecule has 0 N–H and O–H groups in total. The van der Waals surface area contributed by atoms with Crippen LogP contribution in [0.25, 0.3) is 45.3 Å². The lowest BCUT2D eigenvalue weighted by molar-refractivity contribution is -0.592. The normalized spacial score (nSPS) is 15.1. The predicted molar refractivity (Wildman–Crippen MR) is 236 cm³/mol. The van der Waals surface area contributed by atoms with E-state index in [1.807, 2.05) is 23.5 Å². The Hall–Kier alpha value is -6.08. The van der Waals surface area contributed by atoms with Crippen molar-refractivity contribution in [2.45, 2.75) is 22.6 Å². The molecule has 0 radical (unpaired) electrons. The highest BCUT2D eigenvalue weighted by atomic mass is 32.2. The van der Waals surface area contributed by atoms with Crippen molar-refractivity contribution in [2.75, 3.05) is 23.9 Å². The second kappa shape index (κ2) is 14.2.